The fourth-order valence-electron chi connectivity index (χ4n) is 2.66. The highest BCUT2D eigenvalue weighted by Crippen LogP contribution is 2.29. The molecule has 0 spiro atoms. The highest BCUT2D eigenvalue weighted by molar-refractivity contribution is 5.70. The zero-order chi connectivity index (χ0) is 10.7. The van der Waals surface area contributed by atoms with Crippen molar-refractivity contribution in [2.24, 2.45) is 5.92 Å². The van der Waals surface area contributed by atoms with Crippen LogP contribution >= 0.6 is 0 Å². The molecule has 1 saturated heterocycles. The first-order valence-electron chi connectivity index (χ1n) is 5.89. The van der Waals surface area contributed by atoms with Crippen LogP contribution in [0, 0.1) is 5.92 Å². The quantitative estimate of drug-likeness (QED) is 0.726. The molecule has 2 unspecified atom stereocenters. The van der Waals surface area contributed by atoms with E-state index in [4.69, 9.17) is 4.74 Å². The highest BCUT2D eigenvalue weighted by Gasteiger charge is 2.33. The first kappa shape index (κ1) is 10.5. The summed E-state index contributed by atoms with van der Waals surface area (Å²) in [5, 5.41) is 2.87. The minimum Gasteiger partial charge on any atom is -0.440 e. The fraction of sp³-hybridized carbons (Fsp3) is 0.750. The molecule has 0 aromatic carbocycles. The van der Waals surface area contributed by atoms with Gasteiger partial charge in [-0.3, -0.25) is 0 Å². The molecule has 3 nitrogen and oxygen atoms in total. The Hall–Kier alpha value is -0.990. The van der Waals surface area contributed by atoms with E-state index >= 15 is 0 Å². The van der Waals surface area contributed by atoms with E-state index in [0.717, 1.165) is 12.3 Å². The molecule has 0 aromatic rings. The number of rotatable bonds is 3. The maximum absolute atomic E-state index is 11.1. The number of hydrogen-bond donors (Lipinski definition) is 1. The van der Waals surface area contributed by atoms with Gasteiger partial charge in [0.15, 0.2) is 0 Å². The fourth-order valence-corrected chi connectivity index (χ4v) is 2.66. The van der Waals surface area contributed by atoms with E-state index in [1.54, 1.807) is 6.08 Å². The van der Waals surface area contributed by atoms with Crippen molar-refractivity contribution < 1.29 is 9.53 Å². The summed E-state index contributed by atoms with van der Waals surface area (Å²) in [6.45, 7) is 3.70. The second kappa shape index (κ2) is 4.69. The highest BCUT2D eigenvalue weighted by atomic mass is 16.6. The molecule has 2 aliphatic rings. The molecule has 15 heavy (non-hydrogen) atoms. The van der Waals surface area contributed by atoms with Gasteiger partial charge in [-0.25, -0.2) is 4.79 Å². The minimum absolute atomic E-state index is 0.126. The third-order valence-corrected chi connectivity index (χ3v) is 3.49. The third kappa shape index (κ3) is 2.52. The van der Waals surface area contributed by atoms with Gasteiger partial charge in [0.05, 0.1) is 6.04 Å². The maximum Gasteiger partial charge on any atom is 0.408 e. The lowest BCUT2D eigenvalue weighted by atomic mass is 9.84. The number of carbonyl (C=O) groups is 1. The van der Waals surface area contributed by atoms with Crippen molar-refractivity contribution in [1.82, 2.24) is 5.32 Å². The van der Waals surface area contributed by atoms with Gasteiger partial charge in [-0.2, -0.15) is 0 Å². The zero-order valence-electron chi connectivity index (χ0n) is 9.08. The summed E-state index contributed by atoms with van der Waals surface area (Å²) >= 11 is 0. The number of cyclic esters (lactones) is 1. The van der Waals surface area contributed by atoms with Crippen LogP contribution in [0.3, 0.4) is 0 Å². The summed E-state index contributed by atoms with van der Waals surface area (Å²) in [7, 11) is 0. The molecule has 2 fully saturated rings. The second-order valence-electron chi connectivity index (χ2n) is 4.60. The van der Waals surface area contributed by atoms with E-state index in [0.29, 0.717) is 0 Å². The monoisotopic (exact) mass is 209 g/mol. The molecule has 3 heteroatoms. The standard InChI is InChI=1S/C12H19NO2/c1-2-11-10(13-12(14)15-11)8-9-6-4-3-5-7-9/h2,9-11H,1,3-8H2,(H,13,14). The molecular weight excluding hydrogens is 190 g/mol. The Morgan fingerprint density at radius 2 is 2.13 bits per heavy atom. The van der Waals surface area contributed by atoms with Gasteiger partial charge in [0.2, 0.25) is 0 Å². The number of alkyl carbamates (subject to hydrolysis) is 1. The number of ether oxygens (including phenoxy) is 1. The molecule has 2 atom stereocenters. The summed E-state index contributed by atoms with van der Waals surface area (Å²) in [5.41, 5.74) is 0. The van der Waals surface area contributed by atoms with Crippen LogP contribution in [0.5, 0.6) is 0 Å². The SMILES string of the molecule is C=CC1OC(=O)NC1CC1CCCCC1. The molecule has 1 amide bonds. The number of hydrogen-bond acceptors (Lipinski definition) is 2. The Kier molecular flexibility index (Phi) is 3.29. The van der Waals surface area contributed by atoms with Gasteiger partial charge in [-0.15, -0.1) is 0 Å². The van der Waals surface area contributed by atoms with Crippen LogP contribution in [-0.4, -0.2) is 18.2 Å². The van der Waals surface area contributed by atoms with Crippen LogP contribution in [0.25, 0.3) is 0 Å². The average Bonchev–Trinajstić information content (AvgIpc) is 2.60. The predicted octanol–water partition coefficient (Wildman–Crippen LogP) is 2.62. The van der Waals surface area contributed by atoms with E-state index in [9.17, 15) is 4.79 Å². The zero-order valence-corrected chi connectivity index (χ0v) is 9.08. The Bertz CT molecular complexity index is 246. The summed E-state index contributed by atoms with van der Waals surface area (Å²) < 4.78 is 5.10. The Labute approximate surface area is 90.9 Å². The van der Waals surface area contributed by atoms with Gasteiger partial charge in [-0.05, 0) is 18.4 Å². The van der Waals surface area contributed by atoms with Gasteiger partial charge in [0, 0.05) is 0 Å². The molecule has 0 bridgehead atoms. The van der Waals surface area contributed by atoms with Crippen molar-refractivity contribution in [2.75, 3.05) is 0 Å². The average molecular weight is 209 g/mol. The van der Waals surface area contributed by atoms with Crippen LogP contribution in [0.2, 0.25) is 0 Å². The molecule has 1 N–H and O–H groups in total. The maximum atomic E-state index is 11.1. The molecule has 1 saturated carbocycles. The van der Waals surface area contributed by atoms with Gasteiger partial charge in [0.1, 0.15) is 6.10 Å². The van der Waals surface area contributed by atoms with Crippen molar-refractivity contribution >= 4 is 6.09 Å². The molecule has 1 aliphatic heterocycles. The minimum atomic E-state index is -0.291. The number of nitrogens with one attached hydrogen (secondary N) is 1. The van der Waals surface area contributed by atoms with E-state index in [2.05, 4.69) is 11.9 Å². The molecule has 1 heterocycles. The first-order chi connectivity index (χ1) is 7.29. The smallest absolute Gasteiger partial charge is 0.408 e. The van der Waals surface area contributed by atoms with Crippen molar-refractivity contribution in [2.45, 2.75) is 50.7 Å². The van der Waals surface area contributed by atoms with Crippen LogP contribution in [0.4, 0.5) is 4.79 Å². The van der Waals surface area contributed by atoms with E-state index < -0.39 is 0 Å². The second-order valence-corrected chi connectivity index (χ2v) is 4.60. The van der Waals surface area contributed by atoms with Gasteiger partial charge < -0.3 is 10.1 Å². The first-order valence-corrected chi connectivity index (χ1v) is 5.89. The summed E-state index contributed by atoms with van der Waals surface area (Å²) in [6.07, 6.45) is 9.01. The van der Waals surface area contributed by atoms with E-state index in [1.165, 1.54) is 32.1 Å². The van der Waals surface area contributed by atoms with E-state index in [1.807, 2.05) is 0 Å². The van der Waals surface area contributed by atoms with Crippen molar-refractivity contribution in [3.63, 3.8) is 0 Å². The summed E-state index contributed by atoms with van der Waals surface area (Å²) in [4.78, 5) is 11.1. The Morgan fingerprint density at radius 3 is 2.80 bits per heavy atom. The Balaban J connectivity index is 1.86. The predicted molar refractivity (Wildman–Crippen MR) is 58.6 cm³/mol. The lowest BCUT2D eigenvalue weighted by Gasteiger charge is -2.25. The Morgan fingerprint density at radius 1 is 1.40 bits per heavy atom. The van der Waals surface area contributed by atoms with Crippen LogP contribution in [0.15, 0.2) is 12.7 Å². The third-order valence-electron chi connectivity index (χ3n) is 3.49. The van der Waals surface area contributed by atoms with Crippen molar-refractivity contribution in [3.05, 3.63) is 12.7 Å². The molecule has 84 valence electrons. The number of carbonyl (C=O) groups excluding carboxylic acids is 1. The van der Waals surface area contributed by atoms with Crippen LogP contribution in [-0.2, 0) is 4.74 Å². The molecular formula is C12H19NO2. The molecule has 0 aromatic heterocycles. The van der Waals surface area contributed by atoms with E-state index in [-0.39, 0.29) is 18.2 Å². The van der Waals surface area contributed by atoms with Crippen LogP contribution < -0.4 is 5.32 Å². The van der Waals surface area contributed by atoms with Crippen molar-refractivity contribution in [1.29, 1.82) is 0 Å². The summed E-state index contributed by atoms with van der Waals surface area (Å²) in [6, 6.07) is 0.151. The normalized spacial score (nSPS) is 32.1. The van der Waals surface area contributed by atoms with Gasteiger partial charge >= 0.3 is 6.09 Å². The molecule has 1 aliphatic carbocycles. The number of amides is 1. The topological polar surface area (TPSA) is 38.3 Å². The van der Waals surface area contributed by atoms with Gasteiger partial charge in [0.25, 0.3) is 0 Å². The largest absolute Gasteiger partial charge is 0.440 e. The molecule has 2 rings (SSSR count). The van der Waals surface area contributed by atoms with Crippen molar-refractivity contribution in [3.8, 4) is 0 Å². The van der Waals surface area contributed by atoms with Crippen LogP contribution in [0.1, 0.15) is 38.5 Å². The lowest BCUT2D eigenvalue weighted by molar-refractivity contribution is 0.149. The van der Waals surface area contributed by atoms with Gasteiger partial charge in [-0.1, -0.05) is 38.7 Å². The lowest BCUT2D eigenvalue weighted by Crippen LogP contribution is -2.33. The molecule has 0 radical (unpaired) electrons. The summed E-state index contributed by atoms with van der Waals surface area (Å²) in [5.74, 6) is 0.758.